The molecule has 1 aliphatic heterocycles. The van der Waals surface area contributed by atoms with Crippen molar-refractivity contribution in [3.63, 3.8) is 0 Å². The van der Waals surface area contributed by atoms with Crippen LogP contribution in [0.25, 0.3) is 10.9 Å². The highest BCUT2D eigenvalue weighted by Crippen LogP contribution is 2.34. The molecule has 1 saturated heterocycles. The minimum Gasteiger partial charge on any atom is -0.369 e. The molecular weight excluding hydrogens is 508 g/mol. The number of aromatic nitrogens is 5. The molecule has 0 bridgehead atoms. The number of pyridine rings is 1. The molecule has 11 heteroatoms. The van der Waals surface area contributed by atoms with Gasteiger partial charge in [-0.15, -0.1) is 5.10 Å². The maximum absolute atomic E-state index is 13.7. The third kappa shape index (κ3) is 4.97. The van der Waals surface area contributed by atoms with Crippen LogP contribution in [0.15, 0.2) is 47.3 Å². The third-order valence-electron chi connectivity index (χ3n) is 8.42. The van der Waals surface area contributed by atoms with Gasteiger partial charge in [0.05, 0.1) is 11.0 Å². The average molecular weight is 543 g/mol. The van der Waals surface area contributed by atoms with Crippen LogP contribution in [-0.2, 0) is 0 Å². The number of rotatable bonds is 6. The summed E-state index contributed by atoms with van der Waals surface area (Å²) in [6, 6.07) is 12.7. The molecule has 0 unspecified atom stereocenters. The zero-order valence-electron chi connectivity index (χ0n) is 22.9. The first-order chi connectivity index (χ1) is 19.4. The first kappa shape index (κ1) is 26.1. The van der Waals surface area contributed by atoms with Crippen LogP contribution in [0.4, 0.5) is 11.4 Å². The molecule has 0 radical (unpaired) electrons. The molecule has 0 amide bonds. The highest BCUT2D eigenvalue weighted by molar-refractivity contribution is 5.83. The summed E-state index contributed by atoms with van der Waals surface area (Å²) in [5.41, 5.74) is 4.60. The molecule has 4 aromatic rings. The molecule has 208 valence electrons. The van der Waals surface area contributed by atoms with E-state index >= 15 is 0 Å². The standard InChI is InChI=1S/C29H34N8O3/c1-19-16-20(2)24-18-25(29(38)30-26(24)17-19)27(28-31-32-33-36(28)22-6-4-3-5-7-22)35-14-12-34(13-15-35)21-8-10-23(11-9-21)37(39)40/h8-11,16-18,22,27H,3-7,12-15H2,1-2H3,(H,30,38)/t27-/m1/s1. The molecule has 6 rings (SSSR count). The molecule has 1 N–H and O–H groups in total. The van der Waals surface area contributed by atoms with Crippen molar-refractivity contribution in [2.75, 3.05) is 31.1 Å². The van der Waals surface area contributed by atoms with Crippen LogP contribution >= 0.6 is 0 Å². The summed E-state index contributed by atoms with van der Waals surface area (Å²) in [4.78, 5) is 32.0. The van der Waals surface area contributed by atoms with Gasteiger partial charge in [-0.25, -0.2) is 4.68 Å². The Balaban J connectivity index is 1.37. The number of benzene rings is 2. The van der Waals surface area contributed by atoms with Crippen molar-refractivity contribution in [2.45, 2.75) is 58.0 Å². The smallest absolute Gasteiger partial charge is 0.269 e. The van der Waals surface area contributed by atoms with Crippen LogP contribution in [0.1, 0.15) is 66.7 Å². The summed E-state index contributed by atoms with van der Waals surface area (Å²) in [6.45, 7) is 6.89. The second-order valence-electron chi connectivity index (χ2n) is 11.1. The monoisotopic (exact) mass is 542 g/mol. The van der Waals surface area contributed by atoms with E-state index in [2.05, 4.69) is 43.3 Å². The fourth-order valence-corrected chi connectivity index (χ4v) is 6.38. The molecule has 3 heterocycles. The summed E-state index contributed by atoms with van der Waals surface area (Å²) in [5, 5.41) is 25.2. The molecule has 2 aliphatic rings. The highest BCUT2D eigenvalue weighted by atomic mass is 16.6. The molecule has 40 heavy (non-hydrogen) atoms. The predicted molar refractivity (Wildman–Crippen MR) is 153 cm³/mol. The van der Waals surface area contributed by atoms with Crippen molar-refractivity contribution in [1.29, 1.82) is 0 Å². The number of nitrogens with zero attached hydrogens (tertiary/aromatic N) is 7. The topological polar surface area (TPSA) is 126 Å². The van der Waals surface area contributed by atoms with Gasteiger partial charge in [-0.3, -0.25) is 19.8 Å². The Morgan fingerprint density at radius 2 is 1.73 bits per heavy atom. The Bertz CT molecular complexity index is 1580. The number of tetrazole rings is 1. The summed E-state index contributed by atoms with van der Waals surface area (Å²) >= 11 is 0. The van der Waals surface area contributed by atoms with E-state index in [0.29, 0.717) is 37.6 Å². The number of non-ortho nitro benzene ring substituents is 1. The number of aryl methyl sites for hydroxylation is 2. The van der Waals surface area contributed by atoms with Crippen LogP contribution in [0, 0.1) is 24.0 Å². The van der Waals surface area contributed by atoms with Crippen molar-refractivity contribution in [3.8, 4) is 0 Å². The van der Waals surface area contributed by atoms with Crippen molar-refractivity contribution in [1.82, 2.24) is 30.1 Å². The number of aromatic amines is 1. The summed E-state index contributed by atoms with van der Waals surface area (Å²) in [7, 11) is 0. The van der Waals surface area contributed by atoms with Crippen molar-refractivity contribution < 1.29 is 4.92 Å². The number of anilines is 1. The summed E-state index contributed by atoms with van der Waals surface area (Å²) in [6.07, 6.45) is 5.59. The average Bonchev–Trinajstić information content (AvgIpc) is 3.44. The second-order valence-corrected chi connectivity index (χ2v) is 11.1. The SMILES string of the molecule is Cc1cc(C)c2cc([C@H](c3nnnn3C3CCCCC3)N3CCN(c4ccc([N+](=O)[O-])cc4)CC3)c(=O)[nH]c2c1. The minimum atomic E-state index is -0.398. The van der Waals surface area contributed by atoms with Crippen LogP contribution in [0.3, 0.4) is 0 Å². The van der Waals surface area contributed by atoms with Gasteiger partial charge in [-0.1, -0.05) is 25.3 Å². The number of piperazine rings is 1. The van der Waals surface area contributed by atoms with Crippen molar-refractivity contribution in [3.05, 3.63) is 85.4 Å². The van der Waals surface area contributed by atoms with E-state index in [1.165, 1.54) is 6.42 Å². The summed E-state index contributed by atoms with van der Waals surface area (Å²) < 4.78 is 1.97. The van der Waals surface area contributed by atoms with Crippen LogP contribution in [0.2, 0.25) is 0 Å². The lowest BCUT2D eigenvalue weighted by Crippen LogP contribution is -2.49. The fraction of sp³-hybridized carbons (Fsp3) is 0.448. The van der Waals surface area contributed by atoms with Gasteiger partial charge in [0.1, 0.15) is 6.04 Å². The number of nitro benzene ring substituents is 1. The first-order valence-corrected chi connectivity index (χ1v) is 14.0. The van der Waals surface area contributed by atoms with Crippen LogP contribution in [-0.4, -0.2) is 61.2 Å². The molecular formula is C29H34N8O3. The quantitative estimate of drug-likeness (QED) is 0.280. The number of hydrogen-bond donors (Lipinski definition) is 1. The second kappa shape index (κ2) is 10.8. The minimum absolute atomic E-state index is 0.0815. The van der Waals surface area contributed by atoms with Gasteiger partial charge in [0, 0.05) is 60.5 Å². The molecule has 1 aliphatic carbocycles. The maximum Gasteiger partial charge on any atom is 0.269 e. The van der Waals surface area contributed by atoms with Gasteiger partial charge in [0.15, 0.2) is 5.82 Å². The number of nitro groups is 1. The van der Waals surface area contributed by atoms with Gasteiger partial charge in [-0.05, 0) is 72.5 Å². The van der Waals surface area contributed by atoms with E-state index in [1.54, 1.807) is 24.3 Å². The Morgan fingerprint density at radius 1 is 1.00 bits per heavy atom. The van der Waals surface area contributed by atoms with E-state index in [0.717, 1.165) is 53.4 Å². The molecule has 0 spiro atoms. The lowest BCUT2D eigenvalue weighted by Gasteiger charge is -2.40. The Labute approximate surface area is 231 Å². The number of hydrogen-bond acceptors (Lipinski definition) is 8. The zero-order chi connectivity index (χ0) is 27.8. The van der Waals surface area contributed by atoms with Crippen LogP contribution in [0.5, 0.6) is 0 Å². The lowest BCUT2D eigenvalue weighted by molar-refractivity contribution is -0.384. The van der Waals surface area contributed by atoms with Gasteiger partial charge in [0.25, 0.3) is 11.2 Å². The van der Waals surface area contributed by atoms with E-state index < -0.39 is 6.04 Å². The fourth-order valence-electron chi connectivity index (χ4n) is 6.38. The van der Waals surface area contributed by atoms with Gasteiger partial charge in [-0.2, -0.15) is 0 Å². The Kier molecular flexibility index (Phi) is 7.05. The first-order valence-electron chi connectivity index (χ1n) is 14.0. The van der Waals surface area contributed by atoms with E-state index in [-0.39, 0.29) is 22.2 Å². The normalized spacial score (nSPS) is 17.8. The van der Waals surface area contributed by atoms with Crippen molar-refractivity contribution in [2.24, 2.45) is 0 Å². The van der Waals surface area contributed by atoms with E-state index in [9.17, 15) is 14.9 Å². The number of fused-ring (bicyclic) bond motifs is 1. The number of nitrogens with one attached hydrogen (secondary N) is 1. The molecule has 11 nitrogen and oxygen atoms in total. The lowest BCUT2D eigenvalue weighted by atomic mass is 9.94. The Morgan fingerprint density at radius 3 is 2.42 bits per heavy atom. The van der Waals surface area contributed by atoms with E-state index in [4.69, 9.17) is 0 Å². The molecule has 2 aromatic carbocycles. The summed E-state index contributed by atoms with van der Waals surface area (Å²) in [5.74, 6) is 0.713. The molecule has 1 saturated carbocycles. The number of H-pyrrole nitrogens is 1. The van der Waals surface area contributed by atoms with E-state index in [1.807, 2.05) is 23.7 Å². The van der Waals surface area contributed by atoms with Crippen LogP contribution < -0.4 is 10.5 Å². The molecule has 2 fully saturated rings. The van der Waals surface area contributed by atoms with Gasteiger partial charge in [0.2, 0.25) is 0 Å². The Hall–Kier alpha value is -4.12. The molecule has 2 aromatic heterocycles. The largest absolute Gasteiger partial charge is 0.369 e. The molecule has 1 atom stereocenters. The zero-order valence-corrected chi connectivity index (χ0v) is 22.9. The maximum atomic E-state index is 13.7. The van der Waals surface area contributed by atoms with Gasteiger partial charge >= 0.3 is 0 Å². The predicted octanol–water partition coefficient (Wildman–Crippen LogP) is 4.46. The highest BCUT2D eigenvalue weighted by Gasteiger charge is 2.34. The third-order valence-corrected chi connectivity index (χ3v) is 8.42. The van der Waals surface area contributed by atoms with Gasteiger partial charge < -0.3 is 9.88 Å². The van der Waals surface area contributed by atoms with Crippen molar-refractivity contribution >= 4 is 22.3 Å².